The van der Waals surface area contributed by atoms with Crippen molar-refractivity contribution < 1.29 is 38.1 Å². The number of aromatic nitrogens is 3. The normalized spacial score (nSPS) is 29.8. The average molecular weight is 558 g/mol. The van der Waals surface area contributed by atoms with Gasteiger partial charge in [-0.05, 0) is 45.0 Å². The van der Waals surface area contributed by atoms with Gasteiger partial charge in [0.05, 0.1) is 11.8 Å². The van der Waals surface area contributed by atoms with Gasteiger partial charge in [0.15, 0.2) is 11.4 Å². The van der Waals surface area contributed by atoms with Gasteiger partial charge in [-0.2, -0.15) is 15.4 Å². The number of nitrogen functional groups attached to an aromatic ring is 1. The summed E-state index contributed by atoms with van der Waals surface area (Å²) in [6, 6.07) is 11.9. The van der Waals surface area contributed by atoms with E-state index >= 15 is 0 Å². The van der Waals surface area contributed by atoms with Crippen LogP contribution >= 0.6 is 7.75 Å². The number of aliphatic hydroxyl groups excluding tert-OH is 1. The number of hydrogen-bond acceptors (Lipinski definition) is 12. The number of aliphatic hydroxyl groups is 2. The molecule has 0 spiro atoms. The van der Waals surface area contributed by atoms with Gasteiger partial charge in [-0.3, -0.25) is 9.32 Å². The van der Waals surface area contributed by atoms with Crippen molar-refractivity contribution >= 4 is 25.1 Å². The number of rotatable bonds is 9. The maximum atomic E-state index is 13.9. The van der Waals surface area contributed by atoms with E-state index in [0.717, 1.165) is 0 Å². The number of hydrogen-bond donors (Lipinski definition) is 4. The van der Waals surface area contributed by atoms with E-state index in [1.54, 1.807) is 38.1 Å². The molecule has 0 bridgehead atoms. The Balaban J connectivity index is 1.41. The first-order valence-electron chi connectivity index (χ1n) is 12.0. The van der Waals surface area contributed by atoms with Crippen molar-refractivity contribution in [1.82, 2.24) is 19.7 Å². The molecule has 3 heterocycles. The van der Waals surface area contributed by atoms with Crippen LogP contribution < -0.4 is 15.3 Å². The van der Waals surface area contributed by atoms with Crippen molar-refractivity contribution in [2.24, 2.45) is 0 Å². The molecule has 206 valence electrons. The lowest BCUT2D eigenvalue weighted by molar-refractivity contribution is -0.149. The fourth-order valence-electron chi connectivity index (χ4n) is 4.58. The van der Waals surface area contributed by atoms with E-state index in [2.05, 4.69) is 15.2 Å². The Hall–Kier alpha value is -3.57. The number of ether oxygens (including phenoxy) is 2. The molecule has 7 atom stereocenters. The molecule has 0 amide bonds. The highest BCUT2D eigenvalue weighted by molar-refractivity contribution is 7.52. The number of anilines is 1. The number of nitriles is 1. The molecule has 39 heavy (non-hydrogen) atoms. The number of fused-ring (bicyclic) bond motifs is 2. The molecular formula is C24H27N6O8P. The van der Waals surface area contributed by atoms with Gasteiger partial charge in [-0.1, -0.05) is 18.2 Å². The largest absolute Gasteiger partial charge is 0.462 e. The number of para-hydroxylation sites is 1. The van der Waals surface area contributed by atoms with E-state index < -0.39 is 55.4 Å². The molecule has 2 aliphatic rings. The fourth-order valence-corrected chi connectivity index (χ4v) is 6.29. The van der Waals surface area contributed by atoms with Gasteiger partial charge >= 0.3 is 13.7 Å². The van der Waals surface area contributed by atoms with E-state index in [9.17, 15) is 24.8 Å². The van der Waals surface area contributed by atoms with Gasteiger partial charge < -0.3 is 29.9 Å². The molecule has 1 aliphatic heterocycles. The first-order valence-corrected chi connectivity index (χ1v) is 13.6. The quantitative estimate of drug-likeness (QED) is 0.214. The summed E-state index contributed by atoms with van der Waals surface area (Å²) in [5.41, 5.74) is 2.15. The predicted molar refractivity (Wildman–Crippen MR) is 134 cm³/mol. The second-order valence-electron chi connectivity index (χ2n) is 9.60. The van der Waals surface area contributed by atoms with Crippen molar-refractivity contribution in [2.75, 3.05) is 5.73 Å². The van der Waals surface area contributed by atoms with E-state index in [0.29, 0.717) is 5.52 Å². The summed E-state index contributed by atoms with van der Waals surface area (Å²) in [4.78, 5) is 16.3. The van der Waals surface area contributed by atoms with Gasteiger partial charge in [0.2, 0.25) is 5.60 Å². The monoisotopic (exact) mass is 558 g/mol. The highest BCUT2D eigenvalue weighted by Crippen LogP contribution is 2.63. The molecular weight excluding hydrogens is 531 g/mol. The van der Waals surface area contributed by atoms with Crippen LogP contribution in [-0.2, 0) is 29.0 Å². The molecule has 2 unspecified atom stereocenters. The molecule has 2 aromatic heterocycles. The van der Waals surface area contributed by atoms with Crippen LogP contribution in [0.4, 0.5) is 5.82 Å². The summed E-state index contributed by atoms with van der Waals surface area (Å²) >= 11 is 0. The molecule has 1 saturated carbocycles. The molecule has 1 aromatic carbocycles. The van der Waals surface area contributed by atoms with Gasteiger partial charge in [0.25, 0.3) is 0 Å². The maximum Gasteiger partial charge on any atom is 0.459 e. The number of benzene rings is 1. The zero-order chi connectivity index (χ0) is 28.2. The lowest BCUT2D eigenvalue weighted by Crippen LogP contribution is -2.47. The maximum absolute atomic E-state index is 13.9. The van der Waals surface area contributed by atoms with Crippen LogP contribution in [0, 0.1) is 11.3 Å². The van der Waals surface area contributed by atoms with Crippen LogP contribution in [0.25, 0.3) is 5.52 Å². The van der Waals surface area contributed by atoms with Gasteiger partial charge in [-0.15, -0.1) is 0 Å². The van der Waals surface area contributed by atoms with Crippen LogP contribution in [0.3, 0.4) is 0 Å². The summed E-state index contributed by atoms with van der Waals surface area (Å²) in [5.74, 6) is -0.418. The Morgan fingerprint density at radius 3 is 2.62 bits per heavy atom. The first kappa shape index (κ1) is 27.0. The zero-order valence-corrected chi connectivity index (χ0v) is 22.1. The average Bonchev–Trinajstić information content (AvgIpc) is 3.17. The Labute approximate surface area is 222 Å². The van der Waals surface area contributed by atoms with Crippen molar-refractivity contribution in [3.8, 4) is 11.8 Å². The fraction of sp³-hybridized carbons (Fsp3) is 0.417. The van der Waals surface area contributed by atoms with E-state index in [1.165, 1.54) is 36.0 Å². The van der Waals surface area contributed by atoms with Crippen molar-refractivity contribution in [3.05, 3.63) is 54.5 Å². The molecule has 15 heteroatoms. The van der Waals surface area contributed by atoms with Crippen LogP contribution in [0.2, 0.25) is 0 Å². The number of nitrogens with one attached hydrogen (secondary N) is 1. The van der Waals surface area contributed by atoms with E-state index in [4.69, 9.17) is 24.3 Å². The van der Waals surface area contributed by atoms with Gasteiger partial charge in [0.1, 0.15) is 48.0 Å². The summed E-state index contributed by atoms with van der Waals surface area (Å²) in [7, 11) is -4.39. The molecule has 2 fully saturated rings. The highest BCUT2D eigenvalue weighted by Gasteiger charge is 2.83. The van der Waals surface area contributed by atoms with Crippen LogP contribution in [0.5, 0.6) is 5.75 Å². The lowest BCUT2D eigenvalue weighted by Gasteiger charge is -2.30. The number of nitrogens with two attached hydrogens (primary N) is 1. The lowest BCUT2D eigenvalue weighted by atomic mass is 9.90. The highest BCUT2D eigenvalue weighted by atomic mass is 31.2. The third-order valence-electron chi connectivity index (χ3n) is 6.52. The minimum absolute atomic E-state index is 0.105. The van der Waals surface area contributed by atoms with Crippen molar-refractivity contribution in [2.45, 2.75) is 62.4 Å². The minimum atomic E-state index is -4.39. The summed E-state index contributed by atoms with van der Waals surface area (Å²) < 4.78 is 37.5. The first-order chi connectivity index (χ1) is 18.4. The van der Waals surface area contributed by atoms with Crippen LogP contribution in [-0.4, -0.2) is 66.8 Å². The Morgan fingerprint density at radius 1 is 1.28 bits per heavy atom. The third kappa shape index (κ3) is 4.43. The molecule has 5 rings (SSSR count). The third-order valence-corrected chi connectivity index (χ3v) is 8.18. The van der Waals surface area contributed by atoms with Crippen molar-refractivity contribution in [1.29, 1.82) is 5.26 Å². The Morgan fingerprint density at radius 2 is 2.00 bits per heavy atom. The number of nitrogens with zero attached hydrogens (tertiary/aromatic N) is 4. The molecule has 14 nitrogen and oxygen atoms in total. The SMILES string of the molecule is CC(C)OC(=O)[C@H](C)NP(=O)(Oc1ccccc1)OC1[C@H]2O[C@@](C#N)(c3ccc4c(N)ncnn34)[C@H](O)[C@@]12O. The standard InChI is InChI=1S/C24H27N6O8P/c1-13(2)35-21(31)14(3)29-39(34,37-15-7-5-4-6-8-15)38-19-18-24(19,33)22(32)23(11-25,36-18)17-10-9-16-20(26)27-12-28-30(16)17/h4-10,12-14,18-19,22,32-33H,1-3H3,(H,29,34)(H2,26,27,28)/t14-,18+,19?,22-,23-,24-,39?/m0/s1. The summed E-state index contributed by atoms with van der Waals surface area (Å²) in [5, 5.41) is 39.3. The summed E-state index contributed by atoms with van der Waals surface area (Å²) in [6.45, 7) is 4.74. The molecule has 3 aromatic rings. The topological polar surface area (TPSA) is 204 Å². The minimum Gasteiger partial charge on any atom is -0.462 e. The molecule has 1 aliphatic carbocycles. The predicted octanol–water partition coefficient (Wildman–Crippen LogP) is 1.04. The zero-order valence-electron chi connectivity index (χ0n) is 21.2. The number of carbonyl (C=O) groups excluding carboxylic acids is 1. The number of esters is 1. The van der Waals surface area contributed by atoms with Gasteiger partial charge in [-0.25, -0.2) is 14.1 Å². The van der Waals surface area contributed by atoms with Crippen molar-refractivity contribution in [3.63, 3.8) is 0 Å². The molecule has 1 saturated heterocycles. The molecule has 0 radical (unpaired) electrons. The smallest absolute Gasteiger partial charge is 0.459 e. The molecule has 5 N–H and O–H groups in total. The summed E-state index contributed by atoms with van der Waals surface area (Å²) in [6.07, 6.45) is -3.75. The van der Waals surface area contributed by atoms with Crippen LogP contribution in [0.1, 0.15) is 26.5 Å². The van der Waals surface area contributed by atoms with E-state index in [-0.39, 0.29) is 17.3 Å². The van der Waals surface area contributed by atoms with Crippen LogP contribution in [0.15, 0.2) is 48.8 Å². The van der Waals surface area contributed by atoms with E-state index in [1.807, 2.05) is 6.07 Å². The number of carbonyl (C=O) groups is 1. The Bertz CT molecular complexity index is 1490. The second kappa shape index (κ2) is 9.56. The van der Waals surface area contributed by atoms with Gasteiger partial charge in [0, 0.05) is 0 Å². The second-order valence-corrected chi connectivity index (χ2v) is 11.2. The Kier molecular flexibility index (Phi) is 6.62.